The smallest absolute Gasteiger partial charge is 0.0772 e. The molecular formula is C15H25NO. The molecule has 2 nitrogen and oxygen atoms in total. The quantitative estimate of drug-likeness (QED) is 0.818. The molecule has 17 heavy (non-hydrogen) atoms. The highest BCUT2D eigenvalue weighted by Crippen LogP contribution is 2.14. The first-order chi connectivity index (χ1) is 7.99. The van der Waals surface area contributed by atoms with E-state index < -0.39 is 0 Å². The van der Waals surface area contributed by atoms with Crippen molar-refractivity contribution in [1.82, 2.24) is 5.32 Å². The Morgan fingerprint density at radius 2 is 1.71 bits per heavy atom. The Balaban J connectivity index is 2.50. The average molecular weight is 235 g/mol. The minimum Gasteiger partial charge on any atom is -0.377 e. The number of methoxy groups -OCH3 is 1. The van der Waals surface area contributed by atoms with Crippen LogP contribution in [0.15, 0.2) is 24.3 Å². The van der Waals surface area contributed by atoms with Gasteiger partial charge in [0.1, 0.15) is 0 Å². The van der Waals surface area contributed by atoms with Crippen molar-refractivity contribution in [2.45, 2.75) is 52.3 Å². The van der Waals surface area contributed by atoms with Gasteiger partial charge in [-0.05, 0) is 38.3 Å². The maximum atomic E-state index is 5.46. The summed E-state index contributed by atoms with van der Waals surface area (Å²) in [5, 5.41) is 3.50. The second kappa shape index (κ2) is 6.18. The maximum Gasteiger partial charge on any atom is 0.0772 e. The Bertz CT molecular complexity index is 329. The molecule has 96 valence electrons. The van der Waals surface area contributed by atoms with Gasteiger partial charge in [-0.25, -0.2) is 0 Å². The van der Waals surface area contributed by atoms with Crippen LogP contribution < -0.4 is 5.32 Å². The minimum atomic E-state index is -0.136. The van der Waals surface area contributed by atoms with Gasteiger partial charge in [0.25, 0.3) is 0 Å². The fourth-order valence-corrected chi connectivity index (χ4v) is 1.59. The largest absolute Gasteiger partial charge is 0.377 e. The third-order valence-electron chi connectivity index (χ3n) is 3.61. The van der Waals surface area contributed by atoms with Crippen molar-refractivity contribution in [1.29, 1.82) is 0 Å². The Kier molecular flexibility index (Phi) is 5.16. The van der Waals surface area contributed by atoms with Crippen LogP contribution in [0.2, 0.25) is 0 Å². The summed E-state index contributed by atoms with van der Waals surface area (Å²) in [5.41, 5.74) is 2.57. The highest BCUT2D eigenvalue weighted by atomic mass is 16.5. The standard InChI is InChI=1S/C15H25NO/c1-6-13-7-9-14(10-8-13)11-16-12(2)15(3,4)17-5/h7-10,12,16H,6,11H2,1-5H3. The van der Waals surface area contributed by atoms with Gasteiger partial charge in [0.2, 0.25) is 0 Å². The highest BCUT2D eigenvalue weighted by molar-refractivity contribution is 5.22. The summed E-state index contributed by atoms with van der Waals surface area (Å²) in [6, 6.07) is 9.10. The molecule has 0 spiro atoms. The summed E-state index contributed by atoms with van der Waals surface area (Å²) in [6.07, 6.45) is 1.10. The zero-order chi connectivity index (χ0) is 12.9. The topological polar surface area (TPSA) is 21.3 Å². The summed E-state index contributed by atoms with van der Waals surface area (Å²) < 4.78 is 5.46. The second-order valence-corrected chi connectivity index (χ2v) is 5.08. The molecule has 0 aliphatic heterocycles. The Labute approximate surface area is 105 Å². The molecule has 0 amide bonds. The number of ether oxygens (including phenoxy) is 1. The predicted molar refractivity (Wildman–Crippen MR) is 73.2 cm³/mol. The maximum absolute atomic E-state index is 5.46. The SMILES string of the molecule is CCc1ccc(CNC(C)C(C)(C)OC)cc1. The van der Waals surface area contributed by atoms with Crippen LogP contribution >= 0.6 is 0 Å². The molecule has 1 atom stereocenters. The van der Waals surface area contributed by atoms with Crippen LogP contribution in [-0.2, 0) is 17.7 Å². The second-order valence-electron chi connectivity index (χ2n) is 5.08. The van der Waals surface area contributed by atoms with Crippen LogP contribution in [0.5, 0.6) is 0 Å². The molecule has 1 unspecified atom stereocenters. The molecule has 0 radical (unpaired) electrons. The first kappa shape index (κ1) is 14.2. The van der Waals surface area contributed by atoms with E-state index in [1.165, 1.54) is 11.1 Å². The number of hydrogen-bond acceptors (Lipinski definition) is 2. The van der Waals surface area contributed by atoms with Crippen molar-refractivity contribution in [3.63, 3.8) is 0 Å². The molecule has 0 heterocycles. The van der Waals surface area contributed by atoms with E-state index in [1.807, 2.05) is 0 Å². The van der Waals surface area contributed by atoms with E-state index in [0.29, 0.717) is 6.04 Å². The summed E-state index contributed by atoms with van der Waals surface area (Å²) in [5.74, 6) is 0. The Morgan fingerprint density at radius 1 is 1.18 bits per heavy atom. The van der Waals surface area contributed by atoms with Gasteiger partial charge < -0.3 is 10.1 Å². The van der Waals surface area contributed by atoms with E-state index in [9.17, 15) is 0 Å². The van der Waals surface area contributed by atoms with Crippen molar-refractivity contribution in [3.05, 3.63) is 35.4 Å². The number of benzene rings is 1. The lowest BCUT2D eigenvalue weighted by atomic mass is 10.00. The summed E-state index contributed by atoms with van der Waals surface area (Å²) in [7, 11) is 1.76. The van der Waals surface area contributed by atoms with E-state index in [4.69, 9.17) is 4.74 Å². The molecule has 0 aliphatic rings. The molecule has 2 heteroatoms. The molecule has 1 aromatic rings. The van der Waals surface area contributed by atoms with Gasteiger partial charge in [-0.2, -0.15) is 0 Å². The van der Waals surface area contributed by atoms with Crippen LogP contribution in [0.1, 0.15) is 38.8 Å². The normalized spacial score (nSPS) is 13.7. The molecule has 1 rings (SSSR count). The monoisotopic (exact) mass is 235 g/mol. The van der Waals surface area contributed by atoms with Gasteiger partial charge in [0.15, 0.2) is 0 Å². The van der Waals surface area contributed by atoms with E-state index in [2.05, 4.69) is 57.3 Å². The van der Waals surface area contributed by atoms with Crippen LogP contribution in [-0.4, -0.2) is 18.8 Å². The summed E-state index contributed by atoms with van der Waals surface area (Å²) in [4.78, 5) is 0. The molecule has 0 saturated carbocycles. The third kappa shape index (κ3) is 4.14. The van der Waals surface area contributed by atoms with Crippen molar-refractivity contribution >= 4 is 0 Å². The van der Waals surface area contributed by atoms with Crippen molar-refractivity contribution in [2.75, 3.05) is 7.11 Å². The lowest BCUT2D eigenvalue weighted by Crippen LogP contribution is -2.45. The van der Waals surface area contributed by atoms with Crippen LogP contribution in [0.4, 0.5) is 0 Å². The van der Waals surface area contributed by atoms with Gasteiger partial charge >= 0.3 is 0 Å². The van der Waals surface area contributed by atoms with E-state index in [-0.39, 0.29) is 5.60 Å². The van der Waals surface area contributed by atoms with Gasteiger partial charge in [-0.15, -0.1) is 0 Å². The van der Waals surface area contributed by atoms with Crippen molar-refractivity contribution < 1.29 is 4.74 Å². The van der Waals surface area contributed by atoms with Crippen molar-refractivity contribution in [3.8, 4) is 0 Å². The minimum absolute atomic E-state index is 0.136. The first-order valence-electron chi connectivity index (χ1n) is 6.36. The third-order valence-corrected chi connectivity index (χ3v) is 3.61. The average Bonchev–Trinajstić information content (AvgIpc) is 2.36. The van der Waals surface area contributed by atoms with E-state index in [1.54, 1.807) is 7.11 Å². The zero-order valence-electron chi connectivity index (χ0n) is 11.7. The summed E-state index contributed by atoms with van der Waals surface area (Å²) in [6.45, 7) is 9.42. The van der Waals surface area contributed by atoms with Crippen LogP contribution in [0.3, 0.4) is 0 Å². The van der Waals surface area contributed by atoms with E-state index >= 15 is 0 Å². The molecule has 0 saturated heterocycles. The molecule has 0 aliphatic carbocycles. The summed E-state index contributed by atoms with van der Waals surface area (Å²) >= 11 is 0. The van der Waals surface area contributed by atoms with Crippen molar-refractivity contribution in [2.24, 2.45) is 0 Å². The molecule has 0 aromatic heterocycles. The highest BCUT2D eigenvalue weighted by Gasteiger charge is 2.24. The first-order valence-corrected chi connectivity index (χ1v) is 6.36. The van der Waals surface area contributed by atoms with Gasteiger partial charge in [-0.3, -0.25) is 0 Å². The molecule has 1 N–H and O–H groups in total. The number of nitrogens with one attached hydrogen (secondary N) is 1. The van der Waals surface area contributed by atoms with Gasteiger partial charge in [0, 0.05) is 19.7 Å². The molecular weight excluding hydrogens is 210 g/mol. The number of hydrogen-bond donors (Lipinski definition) is 1. The zero-order valence-corrected chi connectivity index (χ0v) is 11.7. The number of rotatable bonds is 6. The van der Waals surface area contributed by atoms with Gasteiger partial charge in [-0.1, -0.05) is 31.2 Å². The van der Waals surface area contributed by atoms with Crippen LogP contribution in [0.25, 0.3) is 0 Å². The fourth-order valence-electron chi connectivity index (χ4n) is 1.59. The Hall–Kier alpha value is -0.860. The fraction of sp³-hybridized carbons (Fsp3) is 0.600. The lowest BCUT2D eigenvalue weighted by molar-refractivity contribution is -0.00544. The Morgan fingerprint density at radius 3 is 2.18 bits per heavy atom. The lowest BCUT2D eigenvalue weighted by Gasteiger charge is -2.31. The molecule has 1 aromatic carbocycles. The van der Waals surface area contributed by atoms with Gasteiger partial charge in [0.05, 0.1) is 5.60 Å². The predicted octanol–water partition coefficient (Wildman–Crippen LogP) is 3.15. The molecule has 0 bridgehead atoms. The number of aryl methyl sites for hydroxylation is 1. The molecule has 0 fully saturated rings. The van der Waals surface area contributed by atoms with Crippen LogP contribution in [0, 0.1) is 0 Å². The van der Waals surface area contributed by atoms with E-state index in [0.717, 1.165) is 13.0 Å².